The molecule has 0 radical (unpaired) electrons. The number of anilines is 1. The molecule has 2 atom stereocenters. The van der Waals surface area contributed by atoms with Crippen molar-refractivity contribution in [2.24, 2.45) is 11.8 Å². The average Bonchev–Trinajstić information content (AvgIpc) is 2.70. The fourth-order valence-electron chi connectivity index (χ4n) is 4.68. The number of carbonyl (C=O) groups is 1. The number of hydrogen-bond donors (Lipinski definition) is 2. The lowest BCUT2D eigenvalue weighted by Gasteiger charge is -2.39. The van der Waals surface area contributed by atoms with Crippen molar-refractivity contribution in [3.05, 3.63) is 27.8 Å². The van der Waals surface area contributed by atoms with Crippen LogP contribution in [0.1, 0.15) is 55.8 Å². The Morgan fingerprint density at radius 2 is 2.03 bits per heavy atom. The summed E-state index contributed by atoms with van der Waals surface area (Å²) < 4.78 is 5.23. The Labute approximate surface area is 171 Å². The second-order valence-electron chi connectivity index (χ2n) is 8.48. The van der Waals surface area contributed by atoms with Gasteiger partial charge >= 0.3 is 0 Å². The molecular formula is C21H32N4O4. The number of nitrogens with one attached hydrogen (secondary N) is 1. The van der Waals surface area contributed by atoms with Gasteiger partial charge in [-0.05, 0) is 31.1 Å². The van der Waals surface area contributed by atoms with Crippen LogP contribution in [0, 0.1) is 22.0 Å². The fraction of sp³-hybridized carbons (Fsp3) is 0.667. The van der Waals surface area contributed by atoms with Gasteiger partial charge in [0.15, 0.2) is 0 Å². The molecule has 1 saturated carbocycles. The van der Waals surface area contributed by atoms with Crippen molar-refractivity contribution in [3.63, 3.8) is 0 Å². The molecule has 2 unspecified atom stereocenters. The molecular weight excluding hydrogens is 372 g/mol. The van der Waals surface area contributed by atoms with Gasteiger partial charge in [-0.25, -0.2) is 0 Å². The molecule has 1 amide bonds. The van der Waals surface area contributed by atoms with Crippen LogP contribution in [0.3, 0.4) is 0 Å². The van der Waals surface area contributed by atoms with Crippen LogP contribution in [0.25, 0.3) is 0 Å². The lowest BCUT2D eigenvalue weighted by Crippen LogP contribution is -2.51. The minimum atomic E-state index is -0.585. The molecule has 1 aromatic rings. The van der Waals surface area contributed by atoms with Crippen molar-refractivity contribution in [3.8, 4) is 5.75 Å². The number of benzene rings is 1. The summed E-state index contributed by atoms with van der Waals surface area (Å²) in [6.45, 7) is 5.23. The third-order valence-electron chi connectivity index (χ3n) is 6.34. The molecule has 1 heterocycles. The quantitative estimate of drug-likeness (QED) is 0.428. The highest BCUT2D eigenvalue weighted by Crippen LogP contribution is 2.31. The molecule has 0 aromatic heterocycles. The highest BCUT2D eigenvalue weighted by molar-refractivity contribution is 5.98. The molecule has 0 bridgehead atoms. The predicted octanol–water partition coefficient (Wildman–Crippen LogP) is 3.21. The van der Waals surface area contributed by atoms with Crippen LogP contribution in [-0.4, -0.2) is 48.5 Å². The normalized spacial score (nSPS) is 23.5. The van der Waals surface area contributed by atoms with E-state index in [0.717, 1.165) is 32.0 Å². The number of nitrogens with zero attached hydrogens (tertiary/aromatic N) is 2. The molecule has 2 fully saturated rings. The number of likely N-dealkylation sites (tertiary alicyclic amines) is 1. The number of piperidine rings is 1. The van der Waals surface area contributed by atoms with Gasteiger partial charge in [-0.2, -0.15) is 0 Å². The van der Waals surface area contributed by atoms with Crippen LogP contribution in [0.4, 0.5) is 11.4 Å². The number of rotatable bonds is 6. The monoisotopic (exact) mass is 404 g/mol. The van der Waals surface area contributed by atoms with E-state index in [1.165, 1.54) is 51.3 Å². The minimum Gasteiger partial charge on any atom is -0.496 e. The Hall–Kier alpha value is -2.35. The molecule has 29 heavy (non-hydrogen) atoms. The first-order chi connectivity index (χ1) is 13.9. The Morgan fingerprint density at radius 3 is 2.66 bits per heavy atom. The standard InChI is InChI=1S/C21H32N4O4/c1-14-12-24(13-15-6-4-3-5-7-15)9-8-18(14)23-21(26)16-10-19(25(27)28)17(22)11-20(16)29-2/h10-11,14-15,18H,3-9,12-13,22H2,1-2H3,(H,23,26). The molecule has 3 rings (SSSR count). The van der Waals surface area contributed by atoms with Crippen LogP contribution < -0.4 is 15.8 Å². The van der Waals surface area contributed by atoms with Gasteiger partial charge in [-0.1, -0.05) is 26.2 Å². The van der Waals surface area contributed by atoms with Crippen LogP contribution in [0.2, 0.25) is 0 Å². The zero-order chi connectivity index (χ0) is 21.0. The number of nitro groups is 1. The van der Waals surface area contributed by atoms with Crippen molar-refractivity contribution in [1.29, 1.82) is 0 Å². The molecule has 2 aliphatic rings. The Balaban J connectivity index is 1.62. The smallest absolute Gasteiger partial charge is 0.293 e. The van der Waals surface area contributed by atoms with E-state index in [0.29, 0.717) is 5.92 Å². The molecule has 1 aliphatic carbocycles. The second kappa shape index (κ2) is 9.43. The van der Waals surface area contributed by atoms with E-state index in [9.17, 15) is 14.9 Å². The van der Waals surface area contributed by atoms with Crippen LogP contribution in [0.5, 0.6) is 5.75 Å². The Kier molecular flexibility index (Phi) is 6.95. The lowest BCUT2D eigenvalue weighted by atomic mass is 9.87. The molecule has 8 nitrogen and oxygen atoms in total. The van der Waals surface area contributed by atoms with Crippen LogP contribution >= 0.6 is 0 Å². The van der Waals surface area contributed by atoms with E-state index >= 15 is 0 Å². The number of ether oxygens (including phenoxy) is 1. The summed E-state index contributed by atoms with van der Waals surface area (Å²) in [5.74, 6) is 1.00. The molecule has 1 aromatic carbocycles. The highest BCUT2D eigenvalue weighted by Gasteiger charge is 2.30. The summed E-state index contributed by atoms with van der Waals surface area (Å²) in [5.41, 5.74) is 5.54. The first-order valence-electron chi connectivity index (χ1n) is 10.5. The van der Waals surface area contributed by atoms with Crippen molar-refractivity contribution in [2.45, 2.75) is 51.5 Å². The molecule has 3 N–H and O–H groups in total. The minimum absolute atomic E-state index is 0.0206. The summed E-state index contributed by atoms with van der Waals surface area (Å²) in [7, 11) is 1.42. The van der Waals surface area contributed by atoms with E-state index in [4.69, 9.17) is 10.5 Å². The number of nitro benzene ring substituents is 1. The van der Waals surface area contributed by atoms with Crippen LogP contribution in [0.15, 0.2) is 12.1 Å². The Morgan fingerprint density at radius 1 is 1.31 bits per heavy atom. The Bertz CT molecular complexity index is 748. The van der Waals surface area contributed by atoms with Gasteiger partial charge in [0.05, 0.1) is 17.6 Å². The van der Waals surface area contributed by atoms with Crippen molar-refractivity contribution >= 4 is 17.3 Å². The van der Waals surface area contributed by atoms with Crippen molar-refractivity contribution in [2.75, 3.05) is 32.5 Å². The van der Waals surface area contributed by atoms with E-state index in [1.54, 1.807) is 0 Å². The first kappa shape index (κ1) is 21.4. The summed E-state index contributed by atoms with van der Waals surface area (Å²) in [5, 5.41) is 14.2. The maximum absolute atomic E-state index is 12.9. The van der Waals surface area contributed by atoms with Gasteiger partial charge in [0.25, 0.3) is 11.6 Å². The van der Waals surface area contributed by atoms with Gasteiger partial charge in [0, 0.05) is 37.8 Å². The predicted molar refractivity (Wildman–Crippen MR) is 112 cm³/mol. The molecule has 1 aliphatic heterocycles. The number of methoxy groups -OCH3 is 1. The van der Waals surface area contributed by atoms with Crippen molar-refractivity contribution < 1.29 is 14.5 Å². The highest BCUT2D eigenvalue weighted by atomic mass is 16.6. The van der Waals surface area contributed by atoms with Gasteiger partial charge in [0.2, 0.25) is 0 Å². The second-order valence-corrected chi connectivity index (χ2v) is 8.48. The van der Waals surface area contributed by atoms with Gasteiger partial charge in [-0.15, -0.1) is 0 Å². The largest absolute Gasteiger partial charge is 0.496 e. The number of nitrogens with two attached hydrogens (primary N) is 1. The zero-order valence-corrected chi connectivity index (χ0v) is 17.4. The first-order valence-corrected chi connectivity index (χ1v) is 10.5. The van der Waals surface area contributed by atoms with Gasteiger partial charge in [0.1, 0.15) is 11.4 Å². The van der Waals surface area contributed by atoms with Crippen molar-refractivity contribution in [1.82, 2.24) is 10.2 Å². The molecule has 1 saturated heterocycles. The maximum Gasteiger partial charge on any atom is 0.293 e. The third kappa shape index (κ3) is 5.18. The van der Waals surface area contributed by atoms with E-state index in [1.807, 2.05) is 0 Å². The molecule has 160 valence electrons. The fourth-order valence-corrected chi connectivity index (χ4v) is 4.68. The number of carbonyl (C=O) groups excluding carboxylic acids is 1. The van der Waals surface area contributed by atoms with Gasteiger partial charge < -0.3 is 20.7 Å². The van der Waals surface area contributed by atoms with Crippen LogP contribution in [-0.2, 0) is 0 Å². The number of amides is 1. The van der Waals surface area contributed by atoms with Gasteiger partial charge in [-0.3, -0.25) is 14.9 Å². The summed E-state index contributed by atoms with van der Waals surface area (Å²) >= 11 is 0. The maximum atomic E-state index is 12.9. The third-order valence-corrected chi connectivity index (χ3v) is 6.34. The number of hydrogen-bond acceptors (Lipinski definition) is 6. The summed E-state index contributed by atoms with van der Waals surface area (Å²) in [6, 6.07) is 2.57. The molecule has 8 heteroatoms. The SMILES string of the molecule is COc1cc(N)c([N+](=O)[O-])cc1C(=O)NC1CCN(CC2CCCCC2)CC1C. The summed E-state index contributed by atoms with van der Waals surface area (Å²) in [6.07, 6.45) is 7.61. The molecule has 0 spiro atoms. The number of nitrogen functional groups attached to an aromatic ring is 1. The van der Waals surface area contributed by atoms with E-state index in [2.05, 4.69) is 17.1 Å². The average molecular weight is 405 g/mol. The summed E-state index contributed by atoms with van der Waals surface area (Å²) in [4.78, 5) is 26.0. The van der Waals surface area contributed by atoms with E-state index in [-0.39, 0.29) is 34.6 Å². The zero-order valence-electron chi connectivity index (χ0n) is 17.4. The topological polar surface area (TPSA) is 111 Å². The van der Waals surface area contributed by atoms with E-state index < -0.39 is 4.92 Å². The lowest BCUT2D eigenvalue weighted by molar-refractivity contribution is -0.383.